The highest BCUT2D eigenvalue weighted by Gasteiger charge is 2.29. The van der Waals surface area contributed by atoms with Gasteiger partial charge in [0.1, 0.15) is 5.75 Å². The number of ether oxygens (including phenoxy) is 1. The number of piperidine rings is 1. The van der Waals surface area contributed by atoms with E-state index < -0.39 is 10.0 Å². The molecule has 0 spiro atoms. The van der Waals surface area contributed by atoms with Gasteiger partial charge in [-0.15, -0.1) is 0 Å². The number of carbonyl (C=O) groups is 1. The molecule has 0 unspecified atom stereocenters. The van der Waals surface area contributed by atoms with Crippen LogP contribution in [0.2, 0.25) is 0 Å². The van der Waals surface area contributed by atoms with Gasteiger partial charge in [-0.2, -0.15) is 4.31 Å². The number of para-hydroxylation sites is 1. The van der Waals surface area contributed by atoms with E-state index in [0.717, 1.165) is 24.0 Å². The summed E-state index contributed by atoms with van der Waals surface area (Å²) in [6.07, 6.45) is 1.71. The Kier molecular flexibility index (Phi) is 6.83. The minimum Gasteiger partial charge on any atom is -0.496 e. The summed E-state index contributed by atoms with van der Waals surface area (Å²) in [7, 11) is -2.03. The van der Waals surface area contributed by atoms with Gasteiger partial charge in [0, 0.05) is 24.2 Å². The fourth-order valence-corrected chi connectivity index (χ4v) is 5.25. The Morgan fingerprint density at radius 2 is 1.83 bits per heavy atom. The minimum atomic E-state index is -3.62. The lowest BCUT2D eigenvalue weighted by Gasteiger charge is -2.29. The number of amides is 1. The zero-order chi connectivity index (χ0) is 21.9. The van der Waals surface area contributed by atoms with Crippen LogP contribution in [0.1, 0.15) is 54.2 Å². The van der Waals surface area contributed by atoms with Crippen molar-refractivity contribution in [3.8, 4) is 5.75 Å². The van der Waals surface area contributed by atoms with Crippen molar-refractivity contribution in [3.63, 3.8) is 0 Å². The van der Waals surface area contributed by atoms with Crippen molar-refractivity contribution in [2.24, 2.45) is 5.92 Å². The topological polar surface area (TPSA) is 75.7 Å². The molecule has 1 aliphatic rings. The number of benzene rings is 2. The van der Waals surface area contributed by atoms with Crippen molar-refractivity contribution in [1.82, 2.24) is 9.62 Å². The van der Waals surface area contributed by atoms with E-state index in [1.165, 1.54) is 10.4 Å². The number of nitrogens with zero attached hydrogens (tertiary/aromatic N) is 1. The van der Waals surface area contributed by atoms with Gasteiger partial charge in [0.25, 0.3) is 5.91 Å². The predicted molar refractivity (Wildman–Crippen MR) is 117 cm³/mol. The molecule has 1 heterocycles. The highest BCUT2D eigenvalue weighted by molar-refractivity contribution is 7.89. The molecule has 0 radical (unpaired) electrons. The molecule has 7 heteroatoms. The molecular formula is C23H30N2O4S. The van der Waals surface area contributed by atoms with Gasteiger partial charge in [0.2, 0.25) is 10.0 Å². The fourth-order valence-electron chi connectivity index (χ4n) is 3.76. The number of nitrogens with one attached hydrogen (secondary N) is 1. The number of carbonyl (C=O) groups excluding carboxylic acids is 1. The number of aryl methyl sites for hydroxylation is 1. The SMILES string of the molecule is COc1ccccc1[C@@H](C)NC(=O)c1cc(S(=O)(=O)N2CCC(C)CC2)ccc1C. The van der Waals surface area contributed by atoms with E-state index in [4.69, 9.17) is 4.74 Å². The molecule has 2 aromatic rings. The first kappa shape index (κ1) is 22.3. The number of hydrogen-bond donors (Lipinski definition) is 1. The molecule has 2 aromatic carbocycles. The molecule has 1 saturated heterocycles. The van der Waals surface area contributed by atoms with Gasteiger partial charge in [0.05, 0.1) is 18.0 Å². The van der Waals surface area contributed by atoms with Crippen LogP contribution in [-0.4, -0.2) is 38.8 Å². The van der Waals surface area contributed by atoms with Crippen molar-refractivity contribution in [1.29, 1.82) is 0 Å². The van der Waals surface area contributed by atoms with Gasteiger partial charge in [-0.25, -0.2) is 8.42 Å². The zero-order valence-electron chi connectivity index (χ0n) is 18.0. The number of methoxy groups -OCH3 is 1. The first-order chi connectivity index (χ1) is 14.2. The molecule has 1 atom stereocenters. The fraction of sp³-hybridized carbons (Fsp3) is 0.435. The van der Waals surface area contributed by atoms with Gasteiger partial charge < -0.3 is 10.1 Å². The highest BCUT2D eigenvalue weighted by Crippen LogP contribution is 2.27. The first-order valence-corrected chi connectivity index (χ1v) is 11.7. The predicted octanol–water partition coefficient (Wildman–Crippen LogP) is 3.92. The van der Waals surface area contributed by atoms with Crippen LogP contribution < -0.4 is 10.1 Å². The first-order valence-electron chi connectivity index (χ1n) is 10.3. The van der Waals surface area contributed by atoms with Crippen LogP contribution in [0.15, 0.2) is 47.4 Å². The third kappa shape index (κ3) is 4.68. The quantitative estimate of drug-likeness (QED) is 0.754. The van der Waals surface area contributed by atoms with Crippen molar-refractivity contribution in [3.05, 3.63) is 59.2 Å². The minimum absolute atomic E-state index is 0.165. The van der Waals surface area contributed by atoms with Crippen molar-refractivity contribution in [2.75, 3.05) is 20.2 Å². The Balaban J connectivity index is 1.83. The summed E-state index contributed by atoms with van der Waals surface area (Å²) in [5.74, 6) is 0.917. The van der Waals surface area contributed by atoms with E-state index in [9.17, 15) is 13.2 Å². The Hall–Kier alpha value is -2.38. The molecule has 1 amide bonds. The lowest BCUT2D eigenvalue weighted by Crippen LogP contribution is -2.38. The second-order valence-electron chi connectivity index (χ2n) is 8.00. The summed E-state index contributed by atoms with van der Waals surface area (Å²) in [6, 6.07) is 12.0. The average molecular weight is 431 g/mol. The largest absolute Gasteiger partial charge is 0.496 e. The molecule has 3 rings (SSSR count). The van der Waals surface area contributed by atoms with E-state index in [0.29, 0.717) is 30.3 Å². The average Bonchev–Trinajstić information content (AvgIpc) is 2.74. The maximum Gasteiger partial charge on any atom is 0.252 e. The Labute approximate surface area is 179 Å². The standard InChI is InChI=1S/C23H30N2O4S/c1-16-11-13-25(14-12-16)30(27,28)19-10-9-17(2)21(15-19)23(26)24-18(3)20-7-5-6-8-22(20)29-4/h5-10,15-16,18H,11-14H2,1-4H3,(H,24,26)/t18-/m1/s1. The number of rotatable bonds is 6. The summed E-state index contributed by atoms with van der Waals surface area (Å²) in [4.78, 5) is 13.2. The van der Waals surface area contributed by atoms with Crippen LogP contribution in [0.4, 0.5) is 0 Å². The van der Waals surface area contributed by atoms with Crippen LogP contribution in [-0.2, 0) is 10.0 Å². The summed E-state index contributed by atoms with van der Waals surface area (Å²) < 4.78 is 33.1. The normalized spacial score (nSPS) is 16.8. The van der Waals surface area contributed by atoms with Crippen LogP contribution in [0.25, 0.3) is 0 Å². The zero-order valence-corrected chi connectivity index (χ0v) is 18.8. The summed E-state index contributed by atoms with van der Waals surface area (Å²) in [5, 5.41) is 2.96. The van der Waals surface area contributed by atoms with Crippen LogP contribution in [0, 0.1) is 12.8 Å². The van der Waals surface area contributed by atoms with E-state index >= 15 is 0 Å². The van der Waals surface area contributed by atoms with Gasteiger partial charge in [-0.3, -0.25) is 4.79 Å². The van der Waals surface area contributed by atoms with Gasteiger partial charge in [-0.05, 0) is 56.4 Å². The van der Waals surface area contributed by atoms with Crippen molar-refractivity contribution >= 4 is 15.9 Å². The van der Waals surface area contributed by atoms with Crippen LogP contribution in [0.5, 0.6) is 5.75 Å². The highest BCUT2D eigenvalue weighted by atomic mass is 32.2. The molecule has 1 aliphatic heterocycles. The van der Waals surface area contributed by atoms with E-state index in [-0.39, 0.29) is 16.8 Å². The smallest absolute Gasteiger partial charge is 0.252 e. The third-order valence-corrected chi connectivity index (χ3v) is 7.68. The molecule has 0 aromatic heterocycles. The van der Waals surface area contributed by atoms with Crippen LogP contribution in [0.3, 0.4) is 0 Å². The van der Waals surface area contributed by atoms with Gasteiger partial charge >= 0.3 is 0 Å². The molecule has 1 N–H and O–H groups in total. The molecule has 1 fully saturated rings. The summed E-state index contributed by atoms with van der Waals surface area (Å²) in [5.41, 5.74) is 1.95. The van der Waals surface area contributed by atoms with E-state index in [2.05, 4.69) is 12.2 Å². The lowest BCUT2D eigenvalue weighted by molar-refractivity contribution is 0.0938. The molecule has 30 heavy (non-hydrogen) atoms. The lowest BCUT2D eigenvalue weighted by atomic mass is 10.0. The molecule has 6 nitrogen and oxygen atoms in total. The van der Waals surface area contributed by atoms with Gasteiger partial charge in [0.15, 0.2) is 0 Å². The third-order valence-electron chi connectivity index (χ3n) is 5.79. The van der Waals surface area contributed by atoms with Gasteiger partial charge in [-0.1, -0.05) is 31.2 Å². The van der Waals surface area contributed by atoms with Crippen molar-refractivity contribution in [2.45, 2.75) is 44.6 Å². The van der Waals surface area contributed by atoms with Crippen LogP contribution >= 0.6 is 0 Å². The Morgan fingerprint density at radius 3 is 2.50 bits per heavy atom. The maximum atomic E-state index is 13.1. The maximum absolute atomic E-state index is 13.1. The molecule has 0 saturated carbocycles. The van der Waals surface area contributed by atoms with E-state index in [1.807, 2.05) is 38.1 Å². The Bertz CT molecular complexity index is 1010. The Morgan fingerprint density at radius 1 is 1.17 bits per heavy atom. The molecule has 0 bridgehead atoms. The van der Waals surface area contributed by atoms with E-state index in [1.54, 1.807) is 19.2 Å². The molecular weight excluding hydrogens is 400 g/mol. The second kappa shape index (κ2) is 9.18. The molecule has 0 aliphatic carbocycles. The summed E-state index contributed by atoms with van der Waals surface area (Å²) >= 11 is 0. The van der Waals surface area contributed by atoms with Crippen molar-refractivity contribution < 1.29 is 17.9 Å². The monoisotopic (exact) mass is 430 g/mol. The number of sulfonamides is 1. The second-order valence-corrected chi connectivity index (χ2v) is 9.94. The molecule has 162 valence electrons. The number of hydrogen-bond acceptors (Lipinski definition) is 4. The summed E-state index contributed by atoms with van der Waals surface area (Å²) in [6.45, 7) is 6.86.